The molecule has 1 aromatic rings. The number of hydrogen-bond acceptors (Lipinski definition) is 3. The predicted molar refractivity (Wildman–Crippen MR) is 86.5 cm³/mol. The molecule has 1 atom stereocenters. The molecule has 0 saturated carbocycles. The first-order valence-electron chi connectivity index (χ1n) is 7.35. The largest absolute Gasteiger partial charge is 0.507 e. The van der Waals surface area contributed by atoms with Crippen LogP contribution in [0.15, 0.2) is 23.8 Å². The van der Waals surface area contributed by atoms with Crippen LogP contribution in [0.25, 0.3) is 6.08 Å². The summed E-state index contributed by atoms with van der Waals surface area (Å²) >= 11 is 0. The molecule has 2 rings (SSSR count). The van der Waals surface area contributed by atoms with E-state index in [0.717, 1.165) is 18.4 Å². The van der Waals surface area contributed by atoms with Crippen LogP contribution in [0, 0.1) is 6.92 Å². The van der Waals surface area contributed by atoms with Gasteiger partial charge in [0.25, 0.3) is 0 Å². The van der Waals surface area contributed by atoms with E-state index < -0.39 is 11.6 Å². The maximum atomic E-state index is 11.2. The molecule has 1 aromatic carbocycles. The Kier molecular flexibility index (Phi) is 4.31. The number of carboxylic acid groups (broad SMARTS) is 1. The van der Waals surface area contributed by atoms with Crippen molar-refractivity contribution in [1.29, 1.82) is 0 Å². The van der Waals surface area contributed by atoms with E-state index in [-0.39, 0.29) is 11.3 Å². The molecular weight excluding hydrogens is 280 g/mol. The van der Waals surface area contributed by atoms with Crippen molar-refractivity contribution < 1.29 is 19.7 Å². The van der Waals surface area contributed by atoms with E-state index in [1.54, 1.807) is 6.92 Å². The maximum Gasteiger partial charge on any atom is 0.339 e. The van der Waals surface area contributed by atoms with Gasteiger partial charge in [-0.25, -0.2) is 4.79 Å². The van der Waals surface area contributed by atoms with Crippen LogP contribution in [-0.4, -0.2) is 21.8 Å². The summed E-state index contributed by atoms with van der Waals surface area (Å²) in [6.07, 6.45) is 7.73. The minimum absolute atomic E-state index is 0.0693. The van der Waals surface area contributed by atoms with Crippen molar-refractivity contribution in [2.75, 3.05) is 0 Å². The van der Waals surface area contributed by atoms with Crippen LogP contribution in [0.1, 0.15) is 55.1 Å². The molecule has 0 radical (unpaired) electrons. The molecule has 0 spiro atoms. The fourth-order valence-corrected chi connectivity index (χ4v) is 2.67. The van der Waals surface area contributed by atoms with Gasteiger partial charge in [-0.2, -0.15) is 0 Å². The monoisotopic (exact) mass is 302 g/mol. The van der Waals surface area contributed by atoms with Crippen LogP contribution >= 0.6 is 0 Å². The standard InChI is InChI=1S/C18H22O4/c1-11(2)6-5-8-18(4)9-7-13-12(3)16(17(20)21)14(19)10-15(13)22-18/h6-7,9-10,19H,5,8H2,1-4H3,(H,20,21)/t18-/m0/s1. The van der Waals surface area contributed by atoms with E-state index in [2.05, 4.69) is 19.9 Å². The summed E-state index contributed by atoms with van der Waals surface area (Å²) < 4.78 is 6.03. The molecule has 1 aliphatic heterocycles. The topological polar surface area (TPSA) is 66.8 Å². The van der Waals surface area contributed by atoms with Gasteiger partial charge in [-0.3, -0.25) is 0 Å². The Balaban J connectivity index is 2.33. The zero-order chi connectivity index (χ0) is 16.5. The molecule has 2 N–H and O–H groups in total. The summed E-state index contributed by atoms with van der Waals surface area (Å²) in [4.78, 5) is 11.2. The highest BCUT2D eigenvalue weighted by molar-refractivity contribution is 5.94. The average molecular weight is 302 g/mol. The lowest BCUT2D eigenvalue weighted by molar-refractivity contribution is 0.0692. The number of aromatic carboxylic acids is 1. The highest BCUT2D eigenvalue weighted by atomic mass is 16.5. The average Bonchev–Trinajstić information content (AvgIpc) is 2.36. The molecule has 0 saturated heterocycles. The Labute approximate surface area is 130 Å². The third-order valence-corrected chi connectivity index (χ3v) is 3.92. The number of rotatable bonds is 4. The zero-order valence-electron chi connectivity index (χ0n) is 13.4. The van der Waals surface area contributed by atoms with Gasteiger partial charge < -0.3 is 14.9 Å². The van der Waals surface area contributed by atoms with E-state index in [1.165, 1.54) is 11.6 Å². The van der Waals surface area contributed by atoms with Gasteiger partial charge in [0.05, 0.1) is 0 Å². The molecule has 0 fully saturated rings. The van der Waals surface area contributed by atoms with Crippen molar-refractivity contribution in [3.05, 3.63) is 40.5 Å². The fraction of sp³-hybridized carbons (Fsp3) is 0.389. The van der Waals surface area contributed by atoms with Gasteiger partial charge in [0.2, 0.25) is 0 Å². The molecule has 0 unspecified atom stereocenters. The van der Waals surface area contributed by atoms with Crippen LogP contribution in [0.5, 0.6) is 11.5 Å². The number of fused-ring (bicyclic) bond motifs is 1. The molecule has 4 nitrogen and oxygen atoms in total. The van der Waals surface area contributed by atoms with E-state index in [4.69, 9.17) is 4.74 Å². The Morgan fingerprint density at radius 3 is 2.68 bits per heavy atom. The SMILES string of the molecule is CC(C)=CCC[C@@]1(C)C=Cc2c(cc(O)c(C(=O)O)c2C)O1. The van der Waals surface area contributed by atoms with Crippen molar-refractivity contribution in [2.45, 2.75) is 46.1 Å². The Hall–Kier alpha value is -2.23. The minimum atomic E-state index is -1.14. The Morgan fingerprint density at radius 2 is 2.09 bits per heavy atom. The van der Waals surface area contributed by atoms with Crippen molar-refractivity contribution in [3.63, 3.8) is 0 Å². The molecule has 118 valence electrons. The van der Waals surface area contributed by atoms with Gasteiger partial charge in [0, 0.05) is 11.6 Å². The highest BCUT2D eigenvalue weighted by Crippen LogP contribution is 2.40. The molecule has 4 heteroatoms. The van der Waals surface area contributed by atoms with Crippen molar-refractivity contribution in [3.8, 4) is 11.5 Å². The second kappa shape index (κ2) is 5.87. The molecule has 22 heavy (non-hydrogen) atoms. The Bertz CT molecular complexity index is 666. The minimum Gasteiger partial charge on any atom is -0.507 e. The van der Waals surface area contributed by atoms with Gasteiger partial charge in [-0.15, -0.1) is 0 Å². The number of aromatic hydroxyl groups is 1. The normalized spacial score (nSPS) is 19.3. The van der Waals surface area contributed by atoms with Gasteiger partial charge in [0.15, 0.2) is 0 Å². The van der Waals surface area contributed by atoms with Gasteiger partial charge in [-0.05, 0) is 52.2 Å². The Morgan fingerprint density at radius 1 is 1.41 bits per heavy atom. The number of benzene rings is 1. The number of carbonyl (C=O) groups is 1. The number of ether oxygens (including phenoxy) is 1. The second-order valence-electron chi connectivity index (χ2n) is 6.18. The van der Waals surface area contributed by atoms with Crippen molar-refractivity contribution in [1.82, 2.24) is 0 Å². The van der Waals surface area contributed by atoms with Crippen LogP contribution < -0.4 is 4.74 Å². The molecule has 0 bridgehead atoms. The summed E-state index contributed by atoms with van der Waals surface area (Å²) in [6, 6.07) is 1.40. The maximum absolute atomic E-state index is 11.2. The molecular formula is C18H22O4. The first-order chi connectivity index (χ1) is 10.2. The number of carboxylic acids is 1. The summed E-state index contributed by atoms with van der Waals surface area (Å²) in [5.41, 5.74) is 1.98. The zero-order valence-corrected chi connectivity index (χ0v) is 13.4. The summed E-state index contributed by atoms with van der Waals surface area (Å²) in [7, 11) is 0. The van der Waals surface area contributed by atoms with Crippen LogP contribution in [0.4, 0.5) is 0 Å². The van der Waals surface area contributed by atoms with Crippen molar-refractivity contribution in [2.24, 2.45) is 0 Å². The molecule has 0 aliphatic carbocycles. The number of hydrogen-bond donors (Lipinski definition) is 2. The van der Waals surface area contributed by atoms with E-state index in [9.17, 15) is 15.0 Å². The van der Waals surface area contributed by atoms with Gasteiger partial charge in [0.1, 0.15) is 22.7 Å². The highest BCUT2D eigenvalue weighted by Gasteiger charge is 2.29. The lowest BCUT2D eigenvalue weighted by atomic mass is 9.91. The van der Waals surface area contributed by atoms with E-state index in [1.807, 2.05) is 19.1 Å². The lowest BCUT2D eigenvalue weighted by Gasteiger charge is -2.32. The number of phenols is 1. The van der Waals surface area contributed by atoms with E-state index >= 15 is 0 Å². The number of allylic oxidation sites excluding steroid dienone is 2. The summed E-state index contributed by atoms with van der Waals surface area (Å²) in [5.74, 6) is -0.865. The molecule has 1 aliphatic rings. The third kappa shape index (κ3) is 3.16. The smallest absolute Gasteiger partial charge is 0.339 e. The van der Waals surface area contributed by atoms with Crippen molar-refractivity contribution >= 4 is 12.0 Å². The van der Waals surface area contributed by atoms with Gasteiger partial charge >= 0.3 is 5.97 Å². The second-order valence-corrected chi connectivity index (χ2v) is 6.18. The van der Waals surface area contributed by atoms with Crippen LogP contribution in [-0.2, 0) is 0 Å². The van der Waals surface area contributed by atoms with Crippen LogP contribution in [0.3, 0.4) is 0 Å². The third-order valence-electron chi connectivity index (χ3n) is 3.92. The predicted octanol–water partition coefficient (Wildman–Crippen LogP) is 4.31. The van der Waals surface area contributed by atoms with E-state index in [0.29, 0.717) is 11.3 Å². The van der Waals surface area contributed by atoms with Crippen LogP contribution in [0.2, 0.25) is 0 Å². The lowest BCUT2D eigenvalue weighted by Crippen LogP contribution is -2.32. The quantitative estimate of drug-likeness (QED) is 0.813. The fourth-order valence-electron chi connectivity index (χ4n) is 2.67. The summed E-state index contributed by atoms with van der Waals surface area (Å²) in [6.45, 7) is 7.79. The first-order valence-corrected chi connectivity index (χ1v) is 7.35. The summed E-state index contributed by atoms with van der Waals surface area (Å²) in [5, 5.41) is 19.1. The molecule has 0 amide bonds. The van der Waals surface area contributed by atoms with Gasteiger partial charge in [-0.1, -0.05) is 17.7 Å². The first kappa shape index (κ1) is 16.1. The molecule has 0 aromatic heterocycles. The molecule has 1 heterocycles.